The van der Waals surface area contributed by atoms with Crippen molar-refractivity contribution in [1.82, 2.24) is 10.2 Å². The van der Waals surface area contributed by atoms with Crippen molar-refractivity contribution < 1.29 is 8.85 Å². The second kappa shape index (κ2) is 10.7. The first-order valence-corrected chi connectivity index (χ1v) is 10.9. The Hall–Kier alpha value is 0.0569. The standard InChI is InChI=1S/C15H34N2O2Si/c1-4-18-20(3,19-5-2)15-9-10-16-11-14-17-12-7-6-8-13-17/h16H,4-15H2,1-3H3. The van der Waals surface area contributed by atoms with Gasteiger partial charge >= 0.3 is 8.56 Å². The molecule has 0 radical (unpaired) electrons. The zero-order valence-corrected chi connectivity index (χ0v) is 14.7. The van der Waals surface area contributed by atoms with E-state index in [1.165, 1.54) is 38.9 Å². The van der Waals surface area contributed by atoms with Crippen LogP contribution in [0.2, 0.25) is 12.6 Å². The molecule has 1 aliphatic rings. The molecular formula is C15H34N2O2Si. The fraction of sp³-hybridized carbons (Fsp3) is 1.00. The Morgan fingerprint density at radius 1 is 1.00 bits per heavy atom. The molecule has 5 heteroatoms. The van der Waals surface area contributed by atoms with Crippen molar-refractivity contribution in [2.24, 2.45) is 0 Å². The Bertz CT molecular complexity index is 230. The Kier molecular flexibility index (Phi) is 9.72. The summed E-state index contributed by atoms with van der Waals surface area (Å²) in [5.74, 6) is 0. The van der Waals surface area contributed by atoms with Gasteiger partial charge in [-0.3, -0.25) is 0 Å². The summed E-state index contributed by atoms with van der Waals surface area (Å²) < 4.78 is 11.7. The van der Waals surface area contributed by atoms with Gasteiger partial charge in [-0.05, 0) is 65.3 Å². The van der Waals surface area contributed by atoms with Crippen LogP contribution >= 0.6 is 0 Å². The highest BCUT2D eigenvalue weighted by atomic mass is 28.4. The summed E-state index contributed by atoms with van der Waals surface area (Å²) in [6.45, 7) is 13.8. The third-order valence-electron chi connectivity index (χ3n) is 3.94. The normalized spacial score (nSPS) is 17.6. The van der Waals surface area contributed by atoms with Crippen LogP contribution in [0.25, 0.3) is 0 Å². The van der Waals surface area contributed by atoms with Gasteiger partial charge in [-0.2, -0.15) is 0 Å². The lowest BCUT2D eigenvalue weighted by atomic mass is 10.1. The molecule has 1 saturated heterocycles. The lowest BCUT2D eigenvalue weighted by molar-refractivity contribution is 0.188. The first kappa shape index (κ1) is 18.1. The largest absolute Gasteiger partial charge is 0.395 e. The number of rotatable bonds is 11. The molecule has 20 heavy (non-hydrogen) atoms. The van der Waals surface area contributed by atoms with Crippen LogP contribution in [0.5, 0.6) is 0 Å². The van der Waals surface area contributed by atoms with Crippen LogP contribution in [0.3, 0.4) is 0 Å². The predicted octanol–water partition coefficient (Wildman–Crippen LogP) is 2.60. The van der Waals surface area contributed by atoms with E-state index in [9.17, 15) is 0 Å². The van der Waals surface area contributed by atoms with Crippen molar-refractivity contribution in [3.05, 3.63) is 0 Å². The smallest absolute Gasteiger partial charge is 0.334 e. The molecule has 0 aromatic heterocycles. The molecule has 1 N–H and O–H groups in total. The Labute approximate surface area is 126 Å². The highest BCUT2D eigenvalue weighted by Crippen LogP contribution is 2.15. The topological polar surface area (TPSA) is 33.7 Å². The summed E-state index contributed by atoms with van der Waals surface area (Å²) in [7, 11) is -1.89. The Balaban J connectivity index is 2.02. The molecule has 0 saturated carbocycles. The molecule has 1 rings (SSSR count). The Morgan fingerprint density at radius 2 is 1.65 bits per heavy atom. The maximum absolute atomic E-state index is 5.85. The molecule has 0 amide bonds. The molecule has 0 aromatic rings. The second-order valence-electron chi connectivity index (χ2n) is 5.76. The van der Waals surface area contributed by atoms with Crippen molar-refractivity contribution in [2.45, 2.75) is 52.1 Å². The van der Waals surface area contributed by atoms with E-state index in [2.05, 4.69) is 30.6 Å². The van der Waals surface area contributed by atoms with Gasteiger partial charge in [0.15, 0.2) is 0 Å². The van der Waals surface area contributed by atoms with Crippen LogP contribution in [-0.2, 0) is 8.85 Å². The minimum absolute atomic E-state index is 0.769. The third kappa shape index (κ3) is 7.74. The average molecular weight is 303 g/mol. The van der Waals surface area contributed by atoms with E-state index in [-0.39, 0.29) is 0 Å². The van der Waals surface area contributed by atoms with Crippen molar-refractivity contribution in [3.8, 4) is 0 Å². The van der Waals surface area contributed by atoms with Gasteiger partial charge in [0, 0.05) is 26.3 Å². The van der Waals surface area contributed by atoms with E-state index in [1.807, 2.05) is 0 Å². The lowest BCUT2D eigenvalue weighted by Crippen LogP contribution is -2.40. The van der Waals surface area contributed by atoms with Gasteiger partial charge in [-0.25, -0.2) is 0 Å². The summed E-state index contributed by atoms with van der Waals surface area (Å²) in [5, 5.41) is 3.56. The maximum Gasteiger partial charge on any atom is 0.334 e. The summed E-state index contributed by atoms with van der Waals surface area (Å²) in [6.07, 6.45) is 5.34. The highest BCUT2D eigenvalue weighted by molar-refractivity contribution is 6.66. The third-order valence-corrected chi connectivity index (χ3v) is 7.00. The zero-order chi connectivity index (χ0) is 14.7. The maximum atomic E-state index is 5.85. The molecule has 0 bridgehead atoms. The molecule has 1 fully saturated rings. The van der Waals surface area contributed by atoms with E-state index < -0.39 is 8.56 Å². The summed E-state index contributed by atoms with van der Waals surface area (Å²) in [5.41, 5.74) is 0. The number of hydrogen-bond donors (Lipinski definition) is 1. The Morgan fingerprint density at radius 3 is 2.25 bits per heavy atom. The monoisotopic (exact) mass is 302 g/mol. The lowest BCUT2D eigenvalue weighted by Gasteiger charge is -2.27. The van der Waals surface area contributed by atoms with Crippen LogP contribution < -0.4 is 5.32 Å². The van der Waals surface area contributed by atoms with Gasteiger partial charge in [0.2, 0.25) is 0 Å². The van der Waals surface area contributed by atoms with E-state index >= 15 is 0 Å². The quantitative estimate of drug-likeness (QED) is 0.470. The molecule has 120 valence electrons. The predicted molar refractivity (Wildman–Crippen MR) is 87.5 cm³/mol. The first-order chi connectivity index (χ1) is 9.70. The van der Waals surface area contributed by atoms with Gasteiger partial charge in [-0.15, -0.1) is 0 Å². The van der Waals surface area contributed by atoms with E-state index in [1.54, 1.807) is 0 Å². The van der Waals surface area contributed by atoms with Gasteiger partial charge in [0.05, 0.1) is 0 Å². The minimum atomic E-state index is -1.89. The summed E-state index contributed by atoms with van der Waals surface area (Å²) in [6, 6.07) is 1.09. The highest BCUT2D eigenvalue weighted by Gasteiger charge is 2.29. The van der Waals surface area contributed by atoms with Gasteiger partial charge in [-0.1, -0.05) is 6.42 Å². The summed E-state index contributed by atoms with van der Waals surface area (Å²) >= 11 is 0. The summed E-state index contributed by atoms with van der Waals surface area (Å²) in [4.78, 5) is 2.58. The molecular weight excluding hydrogens is 268 g/mol. The molecule has 0 aromatic carbocycles. The number of piperidine rings is 1. The van der Waals surface area contributed by atoms with Crippen LogP contribution in [0.1, 0.15) is 39.5 Å². The minimum Gasteiger partial charge on any atom is -0.395 e. The van der Waals surface area contributed by atoms with Gasteiger partial charge < -0.3 is 19.1 Å². The second-order valence-corrected chi connectivity index (χ2v) is 9.10. The van der Waals surface area contributed by atoms with Crippen LogP contribution in [-0.4, -0.2) is 59.4 Å². The fourth-order valence-corrected chi connectivity index (χ4v) is 5.29. The molecule has 1 aliphatic heterocycles. The van der Waals surface area contributed by atoms with Crippen molar-refractivity contribution in [2.75, 3.05) is 45.9 Å². The van der Waals surface area contributed by atoms with Crippen molar-refractivity contribution >= 4 is 8.56 Å². The SMILES string of the molecule is CCO[Si](C)(CCCNCCN1CCCCC1)OCC. The number of nitrogens with one attached hydrogen (secondary N) is 1. The van der Waals surface area contributed by atoms with Crippen LogP contribution in [0.4, 0.5) is 0 Å². The van der Waals surface area contributed by atoms with Crippen LogP contribution in [0, 0.1) is 0 Å². The molecule has 0 unspecified atom stereocenters. The number of likely N-dealkylation sites (tertiary alicyclic amines) is 1. The van der Waals surface area contributed by atoms with E-state index in [4.69, 9.17) is 8.85 Å². The fourth-order valence-electron chi connectivity index (χ4n) is 2.88. The molecule has 4 nitrogen and oxygen atoms in total. The molecule has 0 atom stereocenters. The molecule has 0 spiro atoms. The van der Waals surface area contributed by atoms with E-state index in [0.29, 0.717) is 0 Å². The van der Waals surface area contributed by atoms with Gasteiger partial charge in [0.1, 0.15) is 0 Å². The molecule has 0 aliphatic carbocycles. The van der Waals surface area contributed by atoms with Crippen molar-refractivity contribution in [1.29, 1.82) is 0 Å². The molecule has 1 heterocycles. The first-order valence-electron chi connectivity index (χ1n) is 8.41. The number of nitrogens with zero attached hydrogens (tertiary/aromatic N) is 1. The van der Waals surface area contributed by atoms with Crippen LogP contribution in [0.15, 0.2) is 0 Å². The van der Waals surface area contributed by atoms with Crippen molar-refractivity contribution in [3.63, 3.8) is 0 Å². The van der Waals surface area contributed by atoms with E-state index in [0.717, 1.165) is 38.8 Å². The zero-order valence-electron chi connectivity index (χ0n) is 13.7. The van der Waals surface area contributed by atoms with Gasteiger partial charge in [0.25, 0.3) is 0 Å². The average Bonchev–Trinajstić information content (AvgIpc) is 2.44. The number of hydrogen-bond acceptors (Lipinski definition) is 4.